The van der Waals surface area contributed by atoms with Gasteiger partial charge in [0.05, 0.1) is 22.9 Å². The number of fused-ring (bicyclic) bond motifs is 1. The Morgan fingerprint density at radius 3 is 2.53 bits per heavy atom. The summed E-state index contributed by atoms with van der Waals surface area (Å²) in [5.74, 6) is -1.21. The van der Waals surface area contributed by atoms with Crippen LogP contribution in [0.1, 0.15) is 29.7 Å². The van der Waals surface area contributed by atoms with Crippen molar-refractivity contribution in [3.8, 4) is 5.75 Å². The van der Waals surface area contributed by atoms with Crippen LogP contribution in [0.3, 0.4) is 0 Å². The molecule has 1 saturated heterocycles. The molecule has 7 heteroatoms. The van der Waals surface area contributed by atoms with Crippen molar-refractivity contribution in [1.82, 2.24) is 4.98 Å². The van der Waals surface area contributed by atoms with Gasteiger partial charge >= 0.3 is 5.91 Å². The molecule has 0 bridgehead atoms. The van der Waals surface area contributed by atoms with E-state index in [2.05, 4.69) is 18.0 Å². The quantitative estimate of drug-likeness (QED) is 0.237. The lowest BCUT2D eigenvalue weighted by atomic mass is 9.95. The summed E-state index contributed by atoms with van der Waals surface area (Å²) in [5, 5.41) is 11.6. The van der Waals surface area contributed by atoms with Crippen molar-refractivity contribution in [2.75, 3.05) is 12.0 Å². The van der Waals surface area contributed by atoms with Gasteiger partial charge in [-0.2, -0.15) is 0 Å². The van der Waals surface area contributed by atoms with Crippen LogP contribution in [0.4, 0.5) is 5.13 Å². The van der Waals surface area contributed by atoms with E-state index in [0.717, 1.165) is 22.2 Å². The van der Waals surface area contributed by atoms with Crippen LogP contribution in [-0.4, -0.2) is 28.9 Å². The van der Waals surface area contributed by atoms with E-state index in [-0.39, 0.29) is 11.3 Å². The van der Waals surface area contributed by atoms with Gasteiger partial charge in [-0.05, 0) is 30.2 Å². The van der Waals surface area contributed by atoms with Crippen molar-refractivity contribution in [3.05, 3.63) is 95.1 Å². The number of aryl methyl sites for hydroxylation is 1. The van der Waals surface area contributed by atoms with E-state index in [0.29, 0.717) is 22.0 Å². The molecule has 1 aromatic heterocycles. The normalized spacial score (nSPS) is 17.5. The Bertz CT molecular complexity index is 1440. The van der Waals surface area contributed by atoms with Crippen LogP contribution in [0.2, 0.25) is 0 Å². The SMILES string of the molecule is CCc1ccc2nc(N3C(=O)C(=O)C(=C(O)c4ccccc4)C3c3ccccc3OC)sc2c1. The summed E-state index contributed by atoms with van der Waals surface area (Å²) in [4.78, 5) is 32.8. The number of thiazole rings is 1. The zero-order valence-corrected chi connectivity index (χ0v) is 19.5. The number of carbonyl (C=O) groups excluding carboxylic acids is 2. The monoisotopic (exact) mass is 470 g/mol. The number of benzene rings is 3. The predicted octanol–water partition coefficient (Wildman–Crippen LogP) is 5.49. The second-order valence-corrected chi connectivity index (χ2v) is 8.94. The van der Waals surface area contributed by atoms with Crippen molar-refractivity contribution in [2.45, 2.75) is 19.4 Å². The van der Waals surface area contributed by atoms with Crippen LogP contribution < -0.4 is 9.64 Å². The van der Waals surface area contributed by atoms with Gasteiger partial charge < -0.3 is 9.84 Å². The van der Waals surface area contributed by atoms with Crippen LogP contribution in [0.5, 0.6) is 5.75 Å². The fourth-order valence-corrected chi connectivity index (χ4v) is 5.30. The summed E-state index contributed by atoms with van der Waals surface area (Å²) < 4.78 is 6.49. The van der Waals surface area contributed by atoms with Crippen molar-refractivity contribution >= 4 is 44.1 Å². The Labute approximate surface area is 200 Å². The minimum absolute atomic E-state index is 0.00852. The average Bonchev–Trinajstić information content (AvgIpc) is 3.41. The van der Waals surface area contributed by atoms with E-state index in [1.165, 1.54) is 23.3 Å². The lowest BCUT2D eigenvalue weighted by Crippen LogP contribution is -2.29. The number of nitrogens with zero attached hydrogens (tertiary/aromatic N) is 2. The van der Waals surface area contributed by atoms with E-state index in [1.54, 1.807) is 36.4 Å². The van der Waals surface area contributed by atoms with Gasteiger partial charge in [0.25, 0.3) is 5.78 Å². The maximum atomic E-state index is 13.4. The van der Waals surface area contributed by atoms with Crippen molar-refractivity contribution in [1.29, 1.82) is 0 Å². The number of aliphatic hydroxyl groups excluding tert-OH is 1. The molecule has 5 rings (SSSR count). The van der Waals surface area contributed by atoms with Gasteiger partial charge in [-0.1, -0.05) is 72.9 Å². The highest BCUT2D eigenvalue weighted by atomic mass is 32.1. The Kier molecular flexibility index (Phi) is 5.63. The molecule has 4 aromatic rings. The number of hydrogen-bond acceptors (Lipinski definition) is 6. The number of methoxy groups -OCH3 is 1. The Morgan fingerprint density at radius 2 is 1.79 bits per heavy atom. The molecular formula is C27H22N2O4S. The highest BCUT2D eigenvalue weighted by Crippen LogP contribution is 2.46. The van der Waals surface area contributed by atoms with Gasteiger partial charge in [0.2, 0.25) is 0 Å². The van der Waals surface area contributed by atoms with Crippen LogP contribution in [0.15, 0.2) is 78.4 Å². The first-order valence-electron chi connectivity index (χ1n) is 10.9. The summed E-state index contributed by atoms with van der Waals surface area (Å²) >= 11 is 1.35. The highest BCUT2D eigenvalue weighted by molar-refractivity contribution is 7.22. The summed E-state index contributed by atoms with van der Waals surface area (Å²) in [5.41, 5.74) is 2.97. The summed E-state index contributed by atoms with van der Waals surface area (Å²) in [7, 11) is 1.53. The third-order valence-corrected chi connectivity index (χ3v) is 7.00. The number of rotatable bonds is 5. The molecule has 1 atom stereocenters. The topological polar surface area (TPSA) is 79.7 Å². The van der Waals surface area contributed by atoms with Crippen LogP contribution in [0, 0.1) is 0 Å². The number of Topliss-reactive ketones (excluding diaryl/α,β-unsaturated/α-hetero) is 1. The maximum Gasteiger partial charge on any atom is 0.301 e. The number of anilines is 1. The number of ketones is 1. The van der Waals surface area contributed by atoms with Gasteiger partial charge in [0.1, 0.15) is 17.6 Å². The zero-order valence-electron chi connectivity index (χ0n) is 18.7. The van der Waals surface area contributed by atoms with Gasteiger partial charge in [0.15, 0.2) is 5.13 Å². The van der Waals surface area contributed by atoms with Crippen molar-refractivity contribution < 1.29 is 19.4 Å². The largest absolute Gasteiger partial charge is 0.507 e. The molecular weight excluding hydrogens is 448 g/mol. The zero-order chi connectivity index (χ0) is 23.8. The molecule has 0 aliphatic carbocycles. The van der Waals surface area contributed by atoms with E-state index in [4.69, 9.17) is 4.74 Å². The molecule has 3 aromatic carbocycles. The molecule has 2 heterocycles. The highest BCUT2D eigenvalue weighted by Gasteiger charge is 2.49. The molecule has 1 aliphatic heterocycles. The molecule has 1 amide bonds. The average molecular weight is 471 g/mol. The standard InChI is InChI=1S/C27H22N2O4S/c1-3-16-13-14-19-21(15-16)34-27(28-19)29-23(18-11-7-8-12-20(18)33-2)22(25(31)26(29)32)24(30)17-9-5-4-6-10-17/h4-15,23,30H,3H2,1-2H3. The molecule has 0 radical (unpaired) electrons. The Hall–Kier alpha value is -3.97. The number of ether oxygens (including phenoxy) is 1. The fourth-order valence-electron chi connectivity index (χ4n) is 4.25. The number of aliphatic hydroxyl groups is 1. The van der Waals surface area contributed by atoms with Crippen LogP contribution in [-0.2, 0) is 16.0 Å². The third kappa shape index (κ3) is 3.54. The minimum Gasteiger partial charge on any atom is -0.507 e. The summed E-state index contributed by atoms with van der Waals surface area (Å²) in [6.45, 7) is 2.08. The number of hydrogen-bond donors (Lipinski definition) is 1. The number of aromatic nitrogens is 1. The van der Waals surface area contributed by atoms with E-state index in [9.17, 15) is 14.7 Å². The van der Waals surface area contributed by atoms with E-state index < -0.39 is 17.7 Å². The summed E-state index contributed by atoms with van der Waals surface area (Å²) in [6.07, 6.45) is 0.881. The third-order valence-electron chi connectivity index (χ3n) is 5.98. The fraction of sp³-hybridized carbons (Fsp3) is 0.148. The molecule has 0 spiro atoms. The Balaban J connectivity index is 1.75. The molecule has 0 saturated carbocycles. The minimum atomic E-state index is -0.887. The maximum absolute atomic E-state index is 13.4. The lowest BCUT2D eigenvalue weighted by molar-refractivity contribution is -0.132. The van der Waals surface area contributed by atoms with Crippen LogP contribution >= 0.6 is 11.3 Å². The number of carbonyl (C=O) groups is 2. The summed E-state index contributed by atoms with van der Waals surface area (Å²) in [6, 6.07) is 21.0. The number of para-hydroxylation sites is 1. The lowest BCUT2D eigenvalue weighted by Gasteiger charge is -2.24. The molecule has 34 heavy (non-hydrogen) atoms. The van der Waals surface area contributed by atoms with E-state index in [1.807, 2.05) is 30.3 Å². The number of amides is 1. The van der Waals surface area contributed by atoms with Crippen molar-refractivity contribution in [2.24, 2.45) is 0 Å². The van der Waals surface area contributed by atoms with Gasteiger partial charge in [-0.3, -0.25) is 14.5 Å². The first kappa shape index (κ1) is 21.9. The first-order chi connectivity index (χ1) is 16.5. The van der Waals surface area contributed by atoms with Crippen LogP contribution in [0.25, 0.3) is 16.0 Å². The van der Waals surface area contributed by atoms with Gasteiger partial charge in [-0.15, -0.1) is 0 Å². The predicted molar refractivity (Wildman–Crippen MR) is 133 cm³/mol. The second-order valence-electron chi connectivity index (χ2n) is 7.93. The second kappa shape index (κ2) is 8.76. The molecule has 1 unspecified atom stereocenters. The molecule has 1 fully saturated rings. The van der Waals surface area contributed by atoms with Crippen molar-refractivity contribution in [3.63, 3.8) is 0 Å². The molecule has 170 valence electrons. The first-order valence-corrected chi connectivity index (χ1v) is 11.7. The smallest absolute Gasteiger partial charge is 0.301 e. The van der Waals surface area contributed by atoms with E-state index >= 15 is 0 Å². The Morgan fingerprint density at radius 1 is 1.06 bits per heavy atom. The van der Waals surface area contributed by atoms with Gasteiger partial charge in [0, 0.05) is 11.1 Å². The molecule has 6 nitrogen and oxygen atoms in total. The molecule has 1 aliphatic rings. The van der Waals surface area contributed by atoms with Gasteiger partial charge in [-0.25, -0.2) is 4.98 Å². The molecule has 1 N–H and O–H groups in total.